The molecule has 0 N–H and O–H groups in total. The first-order chi connectivity index (χ1) is 7.19. The van der Waals surface area contributed by atoms with Crippen LogP contribution in [0.3, 0.4) is 0 Å². The lowest BCUT2D eigenvalue weighted by molar-refractivity contribution is 0.101. The van der Waals surface area contributed by atoms with E-state index in [1.54, 1.807) is 13.2 Å². The van der Waals surface area contributed by atoms with Crippen molar-refractivity contribution in [1.82, 2.24) is 0 Å². The van der Waals surface area contributed by atoms with Crippen LogP contribution in [0.25, 0.3) is 0 Å². The van der Waals surface area contributed by atoms with Crippen molar-refractivity contribution in [2.24, 2.45) is 0 Å². The van der Waals surface area contributed by atoms with E-state index in [1.165, 1.54) is 6.92 Å². The molecular formula is C12H16O3. The standard InChI is InChI=1S/C12H16O3/c1-4-15-8-10-5-6-11(9(2)13)12(7-10)14-3/h5-7H,4,8H2,1-3H3. The Morgan fingerprint density at radius 2 is 2.13 bits per heavy atom. The monoisotopic (exact) mass is 208 g/mol. The molecule has 0 aliphatic carbocycles. The predicted octanol–water partition coefficient (Wildman–Crippen LogP) is 2.43. The van der Waals surface area contributed by atoms with E-state index in [-0.39, 0.29) is 5.78 Å². The van der Waals surface area contributed by atoms with Crippen molar-refractivity contribution >= 4 is 5.78 Å². The molecule has 0 atom stereocenters. The van der Waals surface area contributed by atoms with Crippen LogP contribution in [0.5, 0.6) is 5.75 Å². The highest BCUT2D eigenvalue weighted by atomic mass is 16.5. The number of methoxy groups -OCH3 is 1. The van der Waals surface area contributed by atoms with Crippen molar-refractivity contribution in [3.05, 3.63) is 29.3 Å². The van der Waals surface area contributed by atoms with E-state index in [9.17, 15) is 4.79 Å². The van der Waals surface area contributed by atoms with E-state index in [4.69, 9.17) is 9.47 Å². The van der Waals surface area contributed by atoms with Crippen molar-refractivity contribution < 1.29 is 14.3 Å². The summed E-state index contributed by atoms with van der Waals surface area (Å²) in [4.78, 5) is 11.2. The summed E-state index contributed by atoms with van der Waals surface area (Å²) in [6.45, 7) is 4.70. The second-order valence-corrected chi connectivity index (χ2v) is 3.23. The van der Waals surface area contributed by atoms with E-state index in [0.717, 1.165) is 5.56 Å². The topological polar surface area (TPSA) is 35.5 Å². The summed E-state index contributed by atoms with van der Waals surface area (Å²) in [5, 5.41) is 0. The minimum absolute atomic E-state index is 0.00908. The van der Waals surface area contributed by atoms with Gasteiger partial charge in [-0.05, 0) is 31.5 Å². The maximum absolute atomic E-state index is 11.2. The highest BCUT2D eigenvalue weighted by Gasteiger charge is 2.08. The average molecular weight is 208 g/mol. The molecule has 0 heterocycles. The smallest absolute Gasteiger partial charge is 0.163 e. The number of rotatable bonds is 5. The first-order valence-corrected chi connectivity index (χ1v) is 4.94. The van der Waals surface area contributed by atoms with Crippen LogP contribution >= 0.6 is 0 Å². The molecule has 3 heteroatoms. The first-order valence-electron chi connectivity index (χ1n) is 4.94. The van der Waals surface area contributed by atoms with Crippen LogP contribution in [0.15, 0.2) is 18.2 Å². The maximum atomic E-state index is 11.2. The Kier molecular flexibility index (Phi) is 4.31. The number of ether oxygens (including phenoxy) is 2. The second-order valence-electron chi connectivity index (χ2n) is 3.23. The van der Waals surface area contributed by atoms with Gasteiger partial charge < -0.3 is 9.47 Å². The fourth-order valence-corrected chi connectivity index (χ4v) is 1.34. The molecule has 0 amide bonds. The Labute approximate surface area is 90.0 Å². The third-order valence-corrected chi connectivity index (χ3v) is 2.12. The van der Waals surface area contributed by atoms with Crippen LogP contribution in [-0.2, 0) is 11.3 Å². The molecular weight excluding hydrogens is 192 g/mol. The molecule has 0 bridgehead atoms. The summed E-state index contributed by atoms with van der Waals surface area (Å²) >= 11 is 0. The molecule has 0 radical (unpaired) electrons. The van der Waals surface area contributed by atoms with E-state index < -0.39 is 0 Å². The third-order valence-electron chi connectivity index (χ3n) is 2.12. The molecule has 0 unspecified atom stereocenters. The largest absolute Gasteiger partial charge is 0.496 e. The van der Waals surface area contributed by atoms with Gasteiger partial charge in [0.1, 0.15) is 5.75 Å². The molecule has 0 aliphatic rings. The molecule has 0 fully saturated rings. The Morgan fingerprint density at radius 1 is 1.40 bits per heavy atom. The van der Waals surface area contributed by atoms with E-state index >= 15 is 0 Å². The van der Waals surface area contributed by atoms with Crippen molar-refractivity contribution in [2.45, 2.75) is 20.5 Å². The number of carbonyl (C=O) groups excluding carboxylic acids is 1. The zero-order chi connectivity index (χ0) is 11.3. The summed E-state index contributed by atoms with van der Waals surface area (Å²) < 4.78 is 10.4. The van der Waals surface area contributed by atoms with E-state index in [0.29, 0.717) is 24.5 Å². The second kappa shape index (κ2) is 5.51. The highest BCUT2D eigenvalue weighted by molar-refractivity contribution is 5.96. The number of carbonyl (C=O) groups is 1. The summed E-state index contributed by atoms with van der Waals surface area (Å²) in [5.74, 6) is 0.620. The van der Waals surface area contributed by atoms with Crippen molar-refractivity contribution in [2.75, 3.05) is 13.7 Å². The van der Waals surface area contributed by atoms with Crippen molar-refractivity contribution in [3.63, 3.8) is 0 Å². The van der Waals surface area contributed by atoms with Crippen molar-refractivity contribution in [3.8, 4) is 5.75 Å². The van der Waals surface area contributed by atoms with Gasteiger partial charge in [-0.3, -0.25) is 4.79 Å². The summed E-state index contributed by atoms with van der Waals surface area (Å²) in [5.41, 5.74) is 1.62. The molecule has 0 spiro atoms. The van der Waals surface area contributed by atoms with Gasteiger partial charge >= 0.3 is 0 Å². The molecule has 82 valence electrons. The molecule has 0 saturated carbocycles. The van der Waals surface area contributed by atoms with Crippen LogP contribution < -0.4 is 4.74 Å². The van der Waals surface area contributed by atoms with Gasteiger partial charge in [0.25, 0.3) is 0 Å². The molecule has 0 aromatic heterocycles. The number of hydrogen-bond donors (Lipinski definition) is 0. The Morgan fingerprint density at radius 3 is 2.67 bits per heavy atom. The fraction of sp³-hybridized carbons (Fsp3) is 0.417. The Bertz CT molecular complexity index is 345. The lowest BCUT2D eigenvalue weighted by Crippen LogP contribution is -1.99. The van der Waals surface area contributed by atoms with Crippen molar-refractivity contribution in [1.29, 1.82) is 0 Å². The maximum Gasteiger partial charge on any atom is 0.163 e. The fourth-order valence-electron chi connectivity index (χ4n) is 1.34. The number of ketones is 1. The third kappa shape index (κ3) is 3.06. The number of benzene rings is 1. The Hall–Kier alpha value is -1.35. The molecule has 0 saturated heterocycles. The summed E-state index contributed by atoms with van der Waals surface area (Å²) in [6, 6.07) is 5.50. The van der Waals surface area contributed by atoms with Crippen LogP contribution in [0.1, 0.15) is 29.8 Å². The zero-order valence-electron chi connectivity index (χ0n) is 9.37. The van der Waals surface area contributed by atoms with E-state index in [1.807, 2.05) is 19.1 Å². The number of hydrogen-bond acceptors (Lipinski definition) is 3. The van der Waals surface area contributed by atoms with Crippen LogP contribution in [0.4, 0.5) is 0 Å². The van der Waals surface area contributed by atoms with Crippen LogP contribution in [0.2, 0.25) is 0 Å². The van der Waals surface area contributed by atoms with Gasteiger partial charge in [0, 0.05) is 6.61 Å². The summed E-state index contributed by atoms with van der Waals surface area (Å²) in [7, 11) is 1.56. The molecule has 0 aliphatic heterocycles. The normalized spacial score (nSPS) is 10.1. The van der Waals surface area contributed by atoms with Gasteiger partial charge in [-0.2, -0.15) is 0 Å². The average Bonchev–Trinajstić information content (AvgIpc) is 2.25. The lowest BCUT2D eigenvalue weighted by Gasteiger charge is -2.08. The molecule has 1 rings (SSSR count). The van der Waals surface area contributed by atoms with Gasteiger partial charge in [-0.25, -0.2) is 0 Å². The predicted molar refractivity (Wildman–Crippen MR) is 58.3 cm³/mol. The zero-order valence-corrected chi connectivity index (χ0v) is 9.37. The number of Topliss-reactive ketones (excluding diaryl/α,β-unsaturated/α-hetero) is 1. The minimum Gasteiger partial charge on any atom is -0.496 e. The molecule has 15 heavy (non-hydrogen) atoms. The molecule has 1 aromatic rings. The molecule has 1 aromatic carbocycles. The Balaban J connectivity index is 2.92. The summed E-state index contributed by atoms with van der Waals surface area (Å²) in [6.07, 6.45) is 0. The first kappa shape index (κ1) is 11.7. The van der Waals surface area contributed by atoms with Gasteiger partial charge in [0.05, 0.1) is 19.3 Å². The van der Waals surface area contributed by atoms with Gasteiger partial charge in [0.15, 0.2) is 5.78 Å². The van der Waals surface area contributed by atoms with Crippen LogP contribution in [-0.4, -0.2) is 19.5 Å². The lowest BCUT2D eigenvalue weighted by atomic mass is 10.1. The minimum atomic E-state index is 0.00908. The van der Waals surface area contributed by atoms with Crippen LogP contribution in [0, 0.1) is 0 Å². The van der Waals surface area contributed by atoms with E-state index in [2.05, 4.69) is 0 Å². The highest BCUT2D eigenvalue weighted by Crippen LogP contribution is 2.21. The van der Waals surface area contributed by atoms with Gasteiger partial charge in [-0.15, -0.1) is 0 Å². The quantitative estimate of drug-likeness (QED) is 0.697. The molecule has 3 nitrogen and oxygen atoms in total. The van der Waals surface area contributed by atoms with Gasteiger partial charge in [0.2, 0.25) is 0 Å². The van der Waals surface area contributed by atoms with Gasteiger partial charge in [-0.1, -0.05) is 6.07 Å². The SMILES string of the molecule is CCOCc1ccc(C(C)=O)c(OC)c1.